The fraction of sp³-hybridized carbons (Fsp3) is 0.184. The van der Waals surface area contributed by atoms with Gasteiger partial charge in [0.05, 0.1) is 11.5 Å². The first-order chi connectivity index (χ1) is 22.7. The van der Waals surface area contributed by atoms with Gasteiger partial charge in [0.15, 0.2) is 0 Å². The number of halogens is 3. The maximum absolute atomic E-state index is 13.8. The number of carbonyl (C=O) groups is 2. The summed E-state index contributed by atoms with van der Waals surface area (Å²) in [6.45, 7) is 0.604. The summed E-state index contributed by atoms with van der Waals surface area (Å²) in [6, 6.07) is 32.5. The lowest BCUT2D eigenvalue weighted by atomic mass is 9.85. The molecule has 0 spiro atoms. The van der Waals surface area contributed by atoms with E-state index in [4.69, 9.17) is 4.74 Å². The maximum atomic E-state index is 13.8. The van der Waals surface area contributed by atoms with Crippen molar-refractivity contribution in [3.8, 4) is 22.6 Å². The van der Waals surface area contributed by atoms with E-state index in [2.05, 4.69) is 22.5 Å². The maximum Gasteiger partial charge on any atom is 0.405 e. The lowest BCUT2D eigenvalue weighted by molar-refractivity contribution is -0.138. The number of benzene rings is 4. The molecule has 6 rings (SSSR count). The molecule has 2 N–H and O–H groups in total. The molecule has 5 aromatic rings. The van der Waals surface area contributed by atoms with Crippen molar-refractivity contribution in [2.75, 3.05) is 11.9 Å². The van der Waals surface area contributed by atoms with E-state index in [1.807, 2.05) is 54.6 Å². The third kappa shape index (κ3) is 6.89. The zero-order valence-corrected chi connectivity index (χ0v) is 25.6. The Morgan fingerprint density at radius 2 is 1.62 bits per heavy atom. The Morgan fingerprint density at radius 1 is 0.872 bits per heavy atom. The standard InChI is InChI=1S/C38H32F3N3O3/c1-2-24(30-18-8-9-21-42-30)22-25-12-10-16-28-33(25)35(37(46)43-23-38(39,40)41)29-17-11-19-31(34(28)29)44-36(45)27-15-6-7-20-32(27)47-26-13-4-3-5-14-26/h3-21,24,35H,2,22-23H2,1H3,(H,43,46)(H,44,45). The number of alkyl halides is 3. The number of para-hydroxylation sites is 2. The molecule has 2 atom stereocenters. The van der Waals surface area contributed by atoms with Gasteiger partial charge < -0.3 is 15.4 Å². The van der Waals surface area contributed by atoms with Crippen LogP contribution in [0, 0.1) is 0 Å². The van der Waals surface area contributed by atoms with E-state index in [1.54, 1.807) is 60.8 Å². The second-order valence-electron chi connectivity index (χ2n) is 11.3. The largest absolute Gasteiger partial charge is 0.457 e. The highest BCUT2D eigenvalue weighted by Gasteiger charge is 2.39. The van der Waals surface area contributed by atoms with E-state index in [9.17, 15) is 22.8 Å². The molecule has 238 valence electrons. The highest BCUT2D eigenvalue weighted by atomic mass is 19.4. The number of fused-ring (bicyclic) bond motifs is 3. The number of hydrogen-bond donors (Lipinski definition) is 2. The molecule has 9 heteroatoms. The van der Waals surface area contributed by atoms with Crippen molar-refractivity contribution in [2.45, 2.75) is 37.8 Å². The zero-order chi connectivity index (χ0) is 33.0. The Labute approximate surface area is 270 Å². The molecular weight excluding hydrogens is 603 g/mol. The monoisotopic (exact) mass is 635 g/mol. The van der Waals surface area contributed by atoms with Crippen molar-refractivity contribution in [3.63, 3.8) is 0 Å². The molecular formula is C38H32F3N3O3. The zero-order valence-electron chi connectivity index (χ0n) is 25.6. The van der Waals surface area contributed by atoms with Gasteiger partial charge in [-0.3, -0.25) is 14.6 Å². The number of anilines is 1. The Kier molecular flexibility index (Phi) is 9.06. The van der Waals surface area contributed by atoms with Crippen molar-refractivity contribution < 1.29 is 27.5 Å². The molecule has 0 radical (unpaired) electrons. The normalized spacial score (nSPS) is 14.1. The average Bonchev–Trinajstić information content (AvgIpc) is 3.43. The van der Waals surface area contributed by atoms with Gasteiger partial charge in [-0.25, -0.2) is 0 Å². The quantitative estimate of drug-likeness (QED) is 0.161. The van der Waals surface area contributed by atoms with Crippen molar-refractivity contribution >= 4 is 17.5 Å². The molecule has 4 aromatic carbocycles. The highest BCUT2D eigenvalue weighted by Crippen LogP contribution is 2.50. The van der Waals surface area contributed by atoms with E-state index in [-0.39, 0.29) is 5.92 Å². The fourth-order valence-corrected chi connectivity index (χ4v) is 6.17. The lowest BCUT2D eigenvalue weighted by Crippen LogP contribution is -2.37. The van der Waals surface area contributed by atoms with E-state index < -0.39 is 30.5 Å². The van der Waals surface area contributed by atoms with Crippen LogP contribution >= 0.6 is 0 Å². The molecule has 0 aliphatic heterocycles. The molecule has 0 bridgehead atoms. The third-order valence-corrected chi connectivity index (χ3v) is 8.30. The van der Waals surface area contributed by atoms with Gasteiger partial charge in [-0.05, 0) is 77.6 Å². The molecule has 0 saturated carbocycles. The van der Waals surface area contributed by atoms with Crippen LogP contribution in [0.5, 0.6) is 11.5 Å². The van der Waals surface area contributed by atoms with Crippen LogP contribution in [0.15, 0.2) is 115 Å². The molecule has 47 heavy (non-hydrogen) atoms. The summed E-state index contributed by atoms with van der Waals surface area (Å²) in [6.07, 6.45) is -1.55. The van der Waals surface area contributed by atoms with E-state index >= 15 is 0 Å². The van der Waals surface area contributed by atoms with E-state index in [0.29, 0.717) is 51.4 Å². The van der Waals surface area contributed by atoms with Crippen molar-refractivity contribution in [1.29, 1.82) is 0 Å². The molecule has 1 aliphatic rings. The van der Waals surface area contributed by atoms with E-state index in [0.717, 1.165) is 17.7 Å². The van der Waals surface area contributed by atoms with Crippen LogP contribution in [0.4, 0.5) is 18.9 Å². The summed E-state index contributed by atoms with van der Waals surface area (Å²) < 4.78 is 45.7. The SMILES string of the molecule is CCC(Cc1cccc2c1C(C(=O)NCC(F)(F)F)c1cccc(NC(=O)c3ccccc3Oc3ccccc3)c1-2)c1ccccn1. The number of carbonyl (C=O) groups excluding carboxylic acids is 2. The average molecular weight is 636 g/mol. The summed E-state index contributed by atoms with van der Waals surface area (Å²) >= 11 is 0. The molecule has 2 amide bonds. The molecule has 6 nitrogen and oxygen atoms in total. The number of rotatable bonds is 10. The van der Waals surface area contributed by atoms with Crippen LogP contribution in [0.3, 0.4) is 0 Å². The number of ether oxygens (including phenoxy) is 1. The first kappa shape index (κ1) is 31.5. The number of aromatic nitrogens is 1. The Balaban J connectivity index is 1.40. The molecule has 1 aromatic heterocycles. The summed E-state index contributed by atoms with van der Waals surface area (Å²) in [5.41, 5.74) is 4.88. The summed E-state index contributed by atoms with van der Waals surface area (Å²) in [5, 5.41) is 5.11. The Bertz CT molecular complexity index is 1900. The van der Waals surface area contributed by atoms with Gasteiger partial charge >= 0.3 is 6.18 Å². The van der Waals surface area contributed by atoms with Crippen LogP contribution < -0.4 is 15.4 Å². The smallest absolute Gasteiger partial charge is 0.405 e. The minimum atomic E-state index is -4.57. The number of nitrogens with one attached hydrogen (secondary N) is 2. The third-order valence-electron chi connectivity index (χ3n) is 8.30. The summed E-state index contributed by atoms with van der Waals surface area (Å²) in [7, 11) is 0. The minimum absolute atomic E-state index is 0.0191. The minimum Gasteiger partial charge on any atom is -0.457 e. The van der Waals surface area contributed by atoms with Crippen LogP contribution in [-0.2, 0) is 11.2 Å². The fourth-order valence-electron chi connectivity index (χ4n) is 6.17. The van der Waals surface area contributed by atoms with Gasteiger partial charge in [0.1, 0.15) is 18.0 Å². The first-order valence-electron chi connectivity index (χ1n) is 15.4. The van der Waals surface area contributed by atoms with E-state index in [1.165, 1.54) is 0 Å². The summed E-state index contributed by atoms with van der Waals surface area (Å²) in [5.74, 6) is -1.26. The van der Waals surface area contributed by atoms with Crippen molar-refractivity contribution in [1.82, 2.24) is 10.3 Å². The molecule has 1 aliphatic carbocycles. The van der Waals surface area contributed by atoms with Crippen molar-refractivity contribution in [3.05, 3.63) is 143 Å². The second-order valence-corrected chi connectivity index (χ2v) is 11.3. The van der Waals surface area contributed by atoms with Gasteiger partial charge in [-0.1, -0.05) is 73.7 Å². The Morgan fingerprint density at radius 3 is 2.36 bits per heavy atom. The molecule has 1 heterocycles. The molecule has 0 fully saturated rings. The van der Waals surface area contributed by atoms with Crippen LogP contribution in [-0.4, -0.2) is 29.5 Å². The van der Waals surface area contributed by atoms with Gasteiger partial charge in [0.2, 0.25) is 5.91 Å². The highest BCUT2D eigenvalue weighted by molar-refractivity contribution is 6.10. The van der Waals surface area contributed by atoms with Gasteiger partial charge in [0, 0.05) is 29.1 Å². The number of amides is 2. The number of pyridine rings is 1. The number of hydrogen-bond acceptors (Lipinski definition) is 4. The number of nitrogens with zero attached hydrogens (tertiary/aromatic N) is 1. The van der Waals surface area contributed by atoms with Crippen molar-refractivity contribution in [2.24, 2.45) is 0 Å². The first-order valence-corrected chi connectivity index (χ1v) is 15.4. The van der Waals surface area contributed by atoms with Crippen LogP contribution in [0.1, 0.15) is 57.9 Å². The van der Waals surface area contributed by atoms with Gasteiger partial charge in [-0.15, -0.1) is 0 Å². The Hall–Kier alpha value is -5.44. The topological polar surface area (TPSA) is 80.3 Å². The lowest BCUT2D eigenvalue weighted by Gasteiger charge is -2.21. The van der Waals surface area contributed by atoms with Crippen LogP contribution in [0.2, 0.25) is 0 Å². The van der Waals surface area contributed by atoms with Gasteiger partial charge in [-0.2, -0.15) is 13.2 Å². The predicted molar refractivity (Wildman–Crippen MR) is 175 cm³/mol. The predicted octanol–water partition coefficient (Wildman–Crippen LogP) is 8.65. The molecule has 2 unspecified atom stereocenters. The van der Waals surface area contributed by atoms with Gasteiger partial charge in [0.25, 0.3) is 5.91 Å². The molecule has 0 saturated heterocycles. The summed E-state index contributed by atoms with van der Waals surface area (Å²) in [4.78, 5) is 31.9. The van der Waals surface area contributed by atoms with Crippen LogP contribution in [0.25, 0.3) is 11.1 Å². The second kappa shape index (κ2) is 13.5.